The number of alkyl carbamates (subject to hydrolysis) is 1. The van der Waals surface area contributed by atoms with Crippen LogP contribution in [0.25, 0.3) is 10.9 Å². The number of carbonyl (C=O) groups is 3. The average molecular weight is 420 g/mol. The van der Waals surface area contributed by atoms with Crippen LogP contribution in [-0.4, -0.2) is 55.5 Å². The molecule has 0 aliphatic rings. The Labute approximate surface area is 175 Å². The Balaban J connectivity index is 2.45. The van der Waals surface area contributed by atoms with Crippen LogP contribution in [0.15, 0.2) is 24.3 Å². The van der Waals surface area contributed by atoms with Crippen molar-refractivity contribution in [2.75, 3.05) is 20.5 Å². The highest BCUT2D eigenvalue weighted by Crippen LogP contribution is 2.30. The molecule has 2 rings (SSSR count). The number of fused-ring (bicyclic) bond motifs is 1. The van der Waals surface area contributed by atoms with E-state index in [9.17, 15) is 14.4 Å². The molecule has 0 aliphatic carbocycles. The Kier molecular flexibility index (Phi) is 7.96. The van der Waals surface area contributed by atoms with Crippen molar-refractivity contribution < 1.29 is 33.3 Å². The maximum absolute atomic E-state index is 12.4. The van der Waals surface area contributed by atoms with Crippen molar-refractivity contribution in [2.45, 2.75) is 45.4 Å². The number of hydrogen-bond donors (Lipinski definition) is 2. The molecule has 2 atom stereocenters. The van der Waals surface area contributed by atoms with E-state index in [1.54, 1.807) is 26.8 Å². The number of benzene rings is 1. The van der Waals surface area contributed by atoms with Gasteiger partial charge >= 0.3 is 12.1 Å². The lowest BCUT2D eigenvalue weighted by molar-refractivity contribution is -0.144. The fourth-order valence-corrected chi connectivity index (χ4v) is 2.95. The van der Waals surface area contributed by atoms with E-state index in [1.807, 2.05) is 18.2 Å². The number of esters is 1. The molecule has 2 N–H and O–H groups in total. The van der Waals surface area contributed by atoms with Gasteiger partial charge in [-0.15, -0.1) is 0 Å². The highest BCUT2D eigenvalue weighted by Gasteiger charge is 2.32. The monoisotopic (exact) mass is 420 g/mol. The molecule has 0 spiro atoms. The van der Waals surface area contributed by atoms with Crippen molar-refractivity contribution in [2.24, 2.45) is 0 Å². The van der Waals surface area contributed by atoms with Crippen LogP contribution in [0.2, 0.25) is 0 Å². The molecule has 0 aliphatic heterocycles. The van der Waals surface area contributed by atoms with Crippen LogP contribution in [0, 0.1) is 0 Å². The zero-order valence-corrected chi connectivity index (χ0v) is 17.8. The lowest BCUT2D eigenvalue weighted by Crippen LogP contribution is -2.46. The number of methoxy groups -OCH3 is 1. The average Bonchev–Trinajstić information content (AvgIpc) is 3.02. The highest BCUT2D eigenvalue weighted by atomic mass is 16.7. The van der Waals surface area contributed by atoms with Crippen LogP contribution >= 0.6 is 0 Å². The summed E-state index contributed by atoms with van der Waals surface area (Å²) in [5, 5.41) is 3.38. The number of ether oxygens (including phenoxy) is 4. The first kappa shape index (κ1) is 23.4. The largest absolute Gasteiger partial charge is 0.464 e. The molecule has 0 saturated heterocycles. The van der Waals surface area contributed by atoms with Gasteiger partial charge in [-0.2, -0.15) is 0 Å². The zero-order chi connectivity index (χ0) is 22.3. The van der Waals surface area contributed by atoms with Gasteiger partial charge in [0.05, 0.1) is 11.7 Å². The highest BCUT2D eigenvalue weighted by molar-refractivity contribution is 5.99. The topological polar surface area (TPSA) is 116 Å². The third-order valence-electron chi connectivity index (χ3n) is 4.08. The molecule has 1 amide bonds. The first-order valence-corrected chi connectivity index (χ1v) is 9.45. The Hall–Kier alpha value is -2.91. The Morgan fingerprint density at radius 3 is 2.53 bits per heavy atom. The Morgan fingerprint density at radius 1 is 1.23 bits per heavy atom. The van der Waals surface area contributed by atoms with Gasteiger partial charge in [0.2, 0.25) is 0 Å². The van der Waals surface area contributed by atoms with E-state index in [4.69, 9.17) is 18.9 Å². The first-order chi connectivity index (χ1) is 14.2. The van der Waals surface area contributed by atoms with Crippen molar-refractivity contribution in [1.29, 1.82) is 0 Å². The number of nitrogens with one attached hydrogen (secondary N) is 2. The van der Waals surface area contributed by atoms with E-state index >= 15 is 0 Å². The summed E-state index contributed by atoms with van der Waals surface area (Å²) in [6.07, 6.45) is -0.882. The molecule has 0 fully saturated rings. The van der Waals surface area contributed by atoms with Crippen LogP contribution in [-0.2, 0) is 23.7 Å². The lowest BCUT2D eigenvalue weighted by Gasteiger charge is -2.29. The number of aromatic amines is 1. The molecule has 0 saturated carbocycles. The van der Waals surface area contributed by atoms with Gasteiger partial charge < -0.3 is 29.2 Å². The zero-order valence-electron chi connectivity index (χ0n) is 17.8. The van der Waals surface area contributed by atoms with Gasteiger partial charge in [0, 0.05) is 30.5 Å². The van der Waals surface area contributed by atoms with E-state index in [0.29, 0.717) is 22.9 Å². The SMILES string of the molecule is COCO[C@H](c1[nH]c2ccccc2c1C=O)[C@H](COC(C)=O)NC(=O)OC(C)(C)C. The van der Waals surface area contributed by atoms with E-state index in [0.717, 1.165) is 5.52 Å². The van der Waals surface area contributed by atoms with Crippen molar-refractivity contribution in [3.8, 4) is 0 Å². The molecule has 9 heteroatoms. The number of H-pyrrole nitrogens is 1. The van der Waals surface area contributed by atoms with Crippen LogP contribution in [0.4, 0.5) is 4.79 Å². The van der Waals surface area contributed by atoms with Crippen LogP contribution in [0.5, 0.6) is 0 Å². The molecule has 0 bridgehead atoms. The van der Waals surface area contributed by atoms with Crippen molar-refractivity contribution in [1.82, 2.24) is 10.3 Å². The third kappa shape index (κ3) is 6.30. The van der Waals surface area contributed by atoms with Crippen LogP contribution < -0.4 is 5.32 Å². The maximum Gasteiger partial charge on any atom is 0.408 e. The first-order valence-electron chi connectivity index (χ1n) is 9.45. The van der Waals surface area contributed by atoms with Gasteiger partial charge in [-0.1, -0.05) is 18.2 Å². The third-order valence-corrected chi connectivity index (χ3v) is 4.08. The Morgan fingerprint density at radius 2 is 1.93 bits per heavy atom. The molecule has 164 valence electrons. The van der Waals surface area contributed by atoms with Gasteiger partial charge in [0.1, 0.15) is 25.1 Å². The quantitative estimate of drug-likeness (QED) is 0.364. The molecular formula is C21H28N2O7. The van der Waals surface area contributed by atoms with Crippen LogP contribution in [0.1, 0.15) is 49.9 Å². The van der Waals surface area contributed by atoms with E-state index in [-0.39, 0.29) is 13.4 Å². The Bertz CT molecular complexity index is 885. The number of rotatable bonds is 9. The van der Waals surface area contributed by atoms with E-state index in [2.05, 4.69) is 10.3 Å². The maximum atomic E-state index is 12.4. The number of amides is 1. The molecule has 1 heterocycles. The second kappa shape index (κ2) is 10.2. The summed E-state index contributed by atoms with van der Waals surface area (Å²) in [6, 6.07) is 6.41. The van der Waals surface area contributed by atoms with Gasteiger partial charge in [-0.25, -0.2) is 4.79 Å². The summed E-state index contributed by atoms with van der Waals surface area (Å²) in [5.74, 6) is -0.524. The summed E-state index contributed by atoms with van der Waals surface area (Å²) in [4.78, 5) is 38.9. The molecule has 1 aromatic carbocycles. The summed E-state index contributed by atoms with van der Waals surface area (Å²) < 4.78 is 21.3. The molecule has 0 unspecified atom stereocenters. The van der Waals surface area contributed by atoms with Crippen LogP contribution in [0.3, 0.4) is 0 Å². The summed E-state index contributed by atoms with van der Waals surface area (Å²) in [7, 11) is 1.45. The fourth-order valence-electron chi connectivity index (χ4n) is 2.95. The summed E-state index contributed by atoms with van der Waals surface area (Å²) in [5.41, 5.74) is 0.805. The van der Waals surface area contributed by atoms with E-state index < -0.39 is 29.8 Å². The molecule has 30 heavy (non-hydrogen) atoms. The van der Waals surface area contributed by atoms with Gasteiger partial charge in [0.25, 0.3) is 0 Å². The number of carbonyl (C=O) groups excluding carboxylic acids is 3. The second-order valence-corrected chi connectivity index (χ2v) is 7.66. The number of hydrogen-bond acceptors (Lipinski definition) is 7. The lowest BCUT2D eigenvalue weighted by atomic mass is 10.0. The summed E-state index contributed by atoms with van der Waals surface area (Å²) >= 11 is 0. The fraction of sp³-hybridized carbons (Fsp3) is 0.476. The minimum absolute atomic E-state index is 0.120. The van der Waals surface area contributed by atoms with Gasteiger partial charge in [-0.05, 0) is 26.8 Å². The van der Waals surface area contributed by atoms with Crippen molar-refractivity contribution in [3.05, 3.63) is 35.5 Å². The van der Waals surface area contributed by atoms with E-state index in [1.165, 1.54) is 14.0 Å². The van der Waals surface area contributed by atoms with Crippen molar-refractivity contribution >= 4 is 29.3 Å². The molecule has 1 aromatic heterocycles. The summed E-state index contributed by atoms with van der Waals surface area (Å²) in [6.45, 7) is 6.13. The van der Waals surface area contributed by atoms with Gasteiger partial charge in [-0.3, -0.25) is 9.59 Å². The molecule has 9 nitrogen and oxygen atoms in total. The normalized spacial score (nSPS) is 13.5. The molecule has 2 aromatic rings. The van der Waals surface area contributed by atoms with Crippen molar-refractivity contribution in [3.63, 3.8) is 0 Å². The number of aromatic nitrogens is 1. The molecular weight excluding hydrogens is 392 g/mol. The van der Waals surface area contributed by atoms with Gasteiger partial charge in [0.15, 0.2) is 6.29 Å². The standard InChI is InChI=1S/C21H28N2O7/c1-13(25)28-11-17(23-20(26)30-21(2,3)4)19(29-12-27-5)18-15(10-24)14-8-6-7-9-16(14)22-18/h6-10,17,19,22H,11-12H2,1-5H3,(H,23,26)/t17-,19-/m0/s1. The minimum atomic E-state index is -0.885. The number of para-hydroxylation sites is 1. The predicted molar refractivity (Wildman–Crippen MR) is 109 cm³/mol. The minimum Gasteiger partial charge on any atom is -0.464 e. The smallest absolute Gasteiger partial charge is 0.408 e. The second-order valence-electron chi connectivity index (χ2n) is 7.66. The number of aldehydes is 1. The molecule has 0 radical (unpaired) electrons. The predicted octanol–water partition coefficient (Wildman–Crippen LogP) is 3.10.